The van der Waals surface area contributed by atoms with Crippen LogP contribution in [0, 0.1) is 0 Å². The number of hydrogen-bond acceptors (Lipinski definition) is 2. The van der Waals surface area contributed by atoms with E-state index in [-0.39, 0.29) is 11.7 Å². The highest BCUT2D eigenvalue weighted by atomic mass is 35.5. The fraction of sp³-hybridized carbons (Fsp3) is 0.0588. The first-order valence-electron chi connectivity index (χ1n) is 6.49. The molecule has 0 fully saturated rings. The average molecular weight is 298 g/mol. The van der Waals surface area contributed by atoms with Crippen LogP contribution in [0.4, 0.5) is 5.69 Å². The summed E-state index contributed by atoms with van der Waals surface area (Å²) in [6.07, 6.45) is 1.48. The minimum atomic E-state index is -0.152. The van der Waals surface area contributed by atoms with Crippen molar-refractivity contribution in [2.24, 2.45) is 0 Å². The van der Waals surface area contributed by atoms with E-state index >= 15 is 0 Å². The fourth-order valence-electron chi connectivity index (χ4n) is 2.45. The number of benzene rings is 2. The average Bonchev–Trinajstić information content (AvgIpc) is 2.72. The summed E-state index contributed by atoms with van der Waals surface area (Å²) in [6.45, 7) is 1.47. The number of rotatable bonds is 2. The van der Waals surface area contributed by atoms with Gasteiger partial charge in [0.2, 0.25) is 0 Å². The molecule has 0 bridgehead atoms. The summed E-state index contributed by atoms with van der Waals surface area (Å²) in [4.78, 5) is 25.7. The zero-order chi connectivity index (χ0) is 15.0. The molecule has 1 aliphatic rings. The molecule has 4 heteroatoms. The molecule has 0 N–H and O–H groups in total. The van der Waals surface area contributed by atoms with Gasteiger partial charge in [0.15, 0.2) is 5.78 Å². The van der Waals surface area contributed by atoms with Gasteiger partial charge in [-0.2, -0.15) is 0 Å². The molecule has 104 valence electrons. The molecule has 0 aromatic heterocycles. The molecule has 0 saturated carbocycles. The minimum Gasteiger partial charge on any atom is -0.295 e. The van der Waals surface area contributed by atoms with Crippen LogP contribution in [0.25, 0.3) is 5.70 Å². The van der Waals surface area contributed by atoms with Crippen molar-refractivity contribution < 1.29 is 9.59 Å². The first-order chi connectivity index (χ1) is 10.1. The Kier molecular flexibility index (Phi) is 3.35. The molecule has 0 radical (unpaired) electrons. The Bertz CT molecular complexity index is 780. The maximum Gasteiger partial charge on any atom is 0.263 e. The Morgan fingerprint density at radius 1 is 1.10 bits per heavy atom. The third-order valence-electron chi connectivity index (χ3n) is 3.28. The van der Waals surface area contributed by atoms with Crippen LogP contribution in [0.5, 0.6) is 0 Å². The van der Waals surface area contributed by atoms with E-state index in [1.807, 2.05) is 18.2 Å². The monoisotopic (exact) mass is 297 g/mol. The molecule has 0 saturated heterocycles. The van der Waals surface area contributed by atoms with Crippen molar-refractivity contribution in [1.82, 2.24) is 0 Å². The Hall–Kier alpha value is -2.39. The predicted molar refractivity (Wildman–Crippen MR) is 83.4 cm³/mol. The van der Waals surface area contributed by atoms with Gasteiger partial charge in [-0.3, -0.25) is 14.5 Å². The predicted octanol–water partition coefficient (Wildman–Crippen LogP) is 3.93. The molecule has 2 aromatic rings. The SMILES string of the molecule is CC(=O)/C=C1/c2ccccc2C(=O)N1c1cccc(Cl)c1. The quantitative estimate of drug-likeness (QED) is 0.788. The van der Waals surface area contributed by atoms with Crippen LogP contribution in [0.2, 0.25) is 5.02 Å². The Morgan fingerprint density at radius 2 is 1.81 bits per heavy atom. The lowest BCUT2D eigenvalue weighted by atomic mass is 10.1. The fourth-order valence-corrected chi connectivity index (χ4v) is 2.63. The van der Waals surface area contributed by atoms with E-state index in [4.69, 9.17) is 11.6 Å². The second-order valence-electron chi connectivity index (χ2n) is 4.81. The number of halogens is 1. The van der Waals surface area contributed by atoms with Gasteiger partial charge in [-0.1, -0.05) is 35.9 Å². The maximum atomic E-state index is 12.6. The van der Waals surface area contributed by atoms with Crippen LogP contribution < -0.4 is 4.90 Å². The largest absolute Gasteiger partial charge is 0.295 e. The molecule has 0 aliphatic carbocycles. The standard InChI is InChI=1S/C17H12ClNO2/c1-11(20)9-16-14-7-2-3-8-15(14)17(21)19(16)13-6-4-5-12(18)10-13/h2-10H,1H3/b16-9-. The van der Waals surface area contributed by atoms with Crippen LogP contribution in [0.1, 0.15) is 22.8 Å². The molecule has 3 nitrogen and oxygen atoms in total. The summed E-state index contributed by atoms with van der Waals surface area (Å²) >= 11 is 6.01. The third kappa shape index (κ3) is 2.36. The van der Waals surface area contributed by atoms with Gasteiger partial charge in [-0.05, 0) is 31.2 Å². The van der Waals surface area contributed by atoms with E-state index in [0.717, 1.165) is 5.56 Å². The molecular weight excluding hydrogens is 286 g/mol. The van der Waals surface area contributed by atoms with Gasteiger partial charge in [0.1, 0.15) is 0 Å². The van der Waals surface area contributed by atoms with Gasteiger partial charge < -0.3 is 0 Å². The number of hydrogen-bond donors (Lipinski definition) is 0. The van der Waals surface area contributed by atoms with Crippen molar-refractivity contribution in [2.45, 2.75) is 6.92 Å². The number of allylic oxidation sites excluding steroid dienone is 1. The zero-order valence-electron chi connectivity index (χ0n) is 11.3. The van der Waals surface area contributed by atoms with Crippen LogP contribution in [0.15, 0.2) is 54.6 Å². The van der Waals surface area contributed by atoms with E-state index in [2.05, 4.69) is 0 Å². The van der Waals surface area contributed by atoms with E-state index < -0.39 is 0 Å². The van der Waals surface area contributed by atoms with E-state index in [1.54, 1.807) is 30.3 Å². The maximum absolute atomic E-state index is 12.6. The Labute approximate surface area is 127 Å². The molecule has 0 spiro atoms. The van der Waals surface area contributed by atoms with Gasteiger partial charge in [0.25, 0.3) is 5.91 Å². The number of fused-ring (bicyclic) bond motifs is 1. The summed E-state index contributed by atoms with van der Waals surface area (Å²) in [5.41, 5.74) is 2.59. The zero-order valence-corrected chi connectivity index (χ0v) is 12.1. The van der Waals surface area contributed by atoms with Crippen LogP contribution >= 0.6 is 11.6 Å². The molecule has 1 aliphatic heterocycles. The highest BCUT2D eigenvalue weighted by Crippen LogP contribution is 2.37. The summed E-state index contributed by atoms with van der Waals surface area (Å²) < 4.78 is 0. The Morgan fingerprint density at radius 3 is 2.48 bits per heavy atom. The van der Waals surface area contributed by atoms with Crippen LogP contribution in [-0.2, 0) is 4.79 Å². The van der Waals surface area contributed by atoms with Crippen LogP contribution in [0.3, 0.4) is 0 Å². The van der Waals surface area contributed by atoms with E-state index in [9.17, 15) is 9.59 Å². The smallest absolute Gasteiger partial charge is 0.263 e. The second-order valence-corrected chi connectivity index (χ2v) is 5.24. The minimum absolute atomic E-state index is 0.110. The van der Waals surface area contributed by atoms with Gasteiger partial charge in [-0.25, -0.2) is 0 Å². The topological polar surface area (TPSA) is 37.4 Å². The molecule has 3 rings (SSSR count). The highest BCUT2D eigenvalue weighted by molar-refractivity contribution is 6.31. The molecule has 21 heavy (non-hydrogen) atoms. The van der Waals surface area contributed by atoms with Gasteiger partial charge in [0, 0.05) is 22.2 Å². The lowest BCUT2D eigenvalue weighted by Crippen LogP contribution is -2.22. The number of carbonyl (C=O) groups is 2. The second kappa shape index (κ2) is 5.19. The molecule has 0 atom stereocenters. The van der Waals surface area contributed by atoms with Crippen molar-refractivity contribution >= 4 is 34.7 Å². The molecule has 0 unspecified atom stereocenters. The summed E-state index contributed by atoms with van der Waals surface area (Å²) in [5.74, 6) is -0.262. The molecule has 1 amide bonds. The van der Waals surface area contributed by atoms with E-state index in [1.165, 1.54) is 17.9 Å². The van der Waals surface area contributed by atoms with Gasteiger partial charge >= 0.3 is 0 Å². The lowest BCUT2D eigenvalue weighted by Gasteiger charge is -2.18. The number of anilines is 1. The molecular formula is C17H12ClNO2. The van der Waals surface area contributed by atoms with Crippen molar-refractivity contribution in [3.63, 3.8) is 0 Å². The lowest BCUT2D eigenvalue weighted by molar-refractivity contribution is -0.112. The highest BCUT2D eigenvalue weighted by Gasteiger charge is 2.33. The summed E-state index contributed by atoms with van der Waals surface area (Å²) in [7, 11) is 0. The van der Waals surface area contributed by atoms with Crippen molar-refractivity contribution in [3.05, 3.63) is 70.8 Å². The number of carbonyl (C=O) groups excluding carboxylic acids is 2. The summed E-state index contributed by atoms with van der Waals surface area (Å²) in [5, 5.41) is 0.540. The van der Waals surface area contributed by atoms with Crippen molar-refractivity contribution in [1.29, 1.82) is 0 Å². The first kappa shape index (κ1) is 13.6. The van der Waals surface area contributed by atoms with Crippen molar-refractivity contribution in [3.8, 4) is 0 Å². The number of ketones is 1. The normalized spacial score (nSPS) is 15.4. The first-order valence-corrected chi connectivity index (χ1v) is 6.87. The van der Waals surface area contributed by atoms with Gasteiger partial charge in [-0.15, -0.1) is 0 Å². The van der Waals surface area contributed by atoms with E-state index in [0.29, 0.717) is 22.0 Å². The van der Waals surface area contributed by atoms with Crippen LogP contribution in [-0.4, -0.2) is 11.7 Å². The number of nitrogens with zero attached hydrogens (tertiary/aromatic N) is 1. The Balaban J connectivity index is 2.21. The van der Waals surface area contributed by atoms with Crippen molar-refractivity contribution in [2.75, 3.05) is 4.90 Å². The van der Waals surface area contributed by atoms with Gasteiger partial charge in [0.05, 0.1) is 11.4 Å². The number of amides is 1. The molecule has 1 heterocycles. The molecule has 2 aromatic carbocycles. The summed E-state index contributed by atoms with van der Waals surface area (Å²) in [6, 6.07) is 14.3. The third-order valence-corrected chi connectivity index (χ3v) is 3.52.